The monoisotopic (exact) mass is 231 g/mol. The minimum absolute atomic E-state index is 0.415. The van der Waals surface area contributed by atoms with Gasteiger partial charge >= 0.3 is 0 Å². The summed E-state index contributed by atoms with van der Waals surface area (Å²) < 4.78 is 7.83. The van der Waals surface area contributed by atoms with Crippen LogP contribution in [0.1, 0.15) is 18.9 Å². The Morgan fingerprint density at radius 2 is 2.24 bits per heavy atom. The van der Waals surface area contributed by atoms with Crippen LogP contribution in [0.5, 0.6) is 0 Å². The highest BCUT2D eigenvalue weighted by atomic mass is 16.5. The molecule has 1 saturated heterocycles. The third kappa shape index (κ3) is 1.33. The van der Waals surface area contributed by atoms with Crippen LogP contribution in [0.15, 0.2) is 29.8 Å². The van der Waals surface area contributed by atoms with E-state index in [1.807, 2.05) is 23.2 Å². The number of ether oxygens (including phenoxy) is 1. The highest BCUT2D eigenvalue weighted by Gasteiger charge is 2.48. The van der Waals surface area contributed by atoms with Gasteiger partial charge in [-0.05, 0) is 0 Å². The van der Waals surface area contributed by atoms with Crippen molar-refractivity contribution in [2.75, 3.05) is 13.2 Å². The molecule has 0 bridgehead atoms. The van der Waals surface area contributed by atoms with Gasteiger partial charge in [0.25, 0.3) is 0 Å². The van der Waals surface area contributed by atoms with Gasteiger partial charge < -0.3 is 4.74 Å². The molecule has 0 radical (unpaired) electrons. The third-order valence-corrected chi connectivity index (χ3v) is 3.76. The molecule has 0 spiro atoms. The molecule has 4 rings (SSSR count). The number of hydrogen-bond donors (Lipinski definition) is 0. The molecule has 1 aliphatic carbocycles. The Morgan fingerprint density at radius 1 is 1.35 bits per heavy atom. The molecule has 5 heteroatoms. The summed E-state index contributed by atoms with van der Waals surface area (Å²) in [6.45, 7) is 1.56. The van der Waals surface area contributed by atoms with Crippen LogP contribution in [-0.4, -0.2) is 35.3 Å². The highest BCUT2D eigenvalue weighted by Crippen LogP contribution is 2.41. The van der Waals surface area contributed by atoms with Crippen LogP contribution in [0.3, 0.4) is 0 Å². The number of rotatable bonds is 3. The average Bonchev–Trinajstić information content (AvgIpc) is 2.83. The quantitative estimate of drug-likeness (QED) is 0.738. The lowest BCUT2D eigenvalue weighted by Crippen LogP contribution is -2.38. The lowest BCUT2D eigenvalue weighted by Gasteiger charge is -2.26. The number of hydrogen-bond acceptors (Lipinski definition) is 3. The van der Waals surface area contributed by atoms with Crippen LogP contribution in [0.25, 0.3) is 0 Å². The van der Waals surface area contributed by atoms with Crippen molar-refractivity contribution in [1.29, 1.82) is 0 Å². The first-order chi connectivity index (χ1) is 8.38. The van der Waals surface area contributed by atoms with Crippen LogP contribution in [0, 0.1) is 0 Å². The topological polar surface area (TPSA) is 39.4 Å². The summed E-state index contributed by atoms with van der Waals surface area (Å²) in [5.41, 5.74) is 1.17. The van der Waals surface area contributed by atoms with E-state index >= 15 is 0 Å². The summed E-state index contributed by atoms with van der Waals surface area (Å²) in [4.78, 5) is 0. The van der Waals surface area contributed by atoms with Gasteiger partial charge in [0.2, 0.25) is 5.69 Å². The van der Waals surface area contributed by atoms with Crippen molar-refractivity contribution in [2.24, 2.45) is 5.10 Å². The van der Waals surface area contributed by atoms with Crippen LogP contribution in [-0.2, 0) is 4.74 Å². The molecule has 1 aromatic rings. The van der Waals surface area contributed by atoms with Crippen LogP contribution < -0.4 is 4.59 Å². The second-order valence-electron chi connectivity index (χ2n) is 4.95. The van der Waals surface area contributed by atoms with Crippen molar-refractivity contribution in [1.82, 2.24) is 14.4 Å². The van der Waals surface area contributed by atoms with E-state index in [9.17, 15) is 0 Å². The summed E-state index contributed by atoms with van der Waals surface area (Å²) in [6.07, 6.45) is 12.7. The minimum Gasteiger partial charge on any atom is -0.377 e. The first-order valence-electron chi connectivity index (χ1n) is 6.13. The van der Waals surface area contributed by atoms with E-state index < -0.39 is 0 Å². The largest absolute Gasteiger partial charge is 0.377 e. The predicted octanol–water partition coefficient (Wildman–Crippen LogP) is 1.44. The molecule has 3 aliphatic rings. The Hall–Kier alpha value is -1.46. The summed E-state index contributed by atoms with van der Waals surface area (Å²) in [7, 11) is 0. The van der Waals surface area contributed by atoms with Gasteiger partial charge in [-0.1, -0.05) is 5.10 Å². The van der Waals surface area contributed by atoms with Gasteiger partial charge in [0.05, 0.1) is 31.7 Å². The molecule has 3 heterocycles. The third-order valence-electron chi connectivity index (χ3n) is 3.76. The van der Waals surface area contributed by atoms with Crippen molar-refractivity contribution < 1.29 is 4.74 Å². The van der Waals surface area contributed by atoms with Gasteiger partial charge in [0.1, 0.15) is 18.4 Å². The van der Waals surface area contributed by atoms with Gasteiger partial charge in [-0.15, -0.1) is 4.59 Å². The molecule has 17 heavy (non-hydrogen) atoms. The smallest absolute Gasteiger partial charge is 0.202 e. The lowest BCUT2D eigenvalue weighted by atomic mass is 10.3. The Kier molecular flexibility index (Phi) is 1.84. The zero-order valence-corrected chi connectivity index (χ0v) is 9.57. The van der Waals surface area contributed by atoms with Crippen LogP contribution in [0.2, 0.25) is 0 Å². The van der Waals surface area contributed by atoms with E-state index in [0.717, 1.165) is 13.2 Å². The standard InChI is InChI=1S/C12H15N4O/c1-4-14-16(5-1,11-2-3-11)12-6-13-15(7-12)10-8-17-9-10/h1,4-7,10-11H,2-3,8-9H2/q+1. The van der Waals surface area contributed by atoms with Crippen molar-refractivity contribution >= 4 is 11.9 Å². The molecule has 2 fully saturated rings. The molecule has 0 N–H and O–H groups in total. The normalized spacial score (nSPS) is 32.0. The van der Waals surface area contributed by atoms with E-state index in [1.165, 1.54) is 18.5 Å². The molecular formula is C12H15N4O+. The molecule has 5 nitrogen and oxygen atoms in total. The molecular weight excluding hydrogens is 216 g/mol. The van der Waals surface area contributed by atoms with Gasteiger partial charge in [0, 0.05) is 18.9 Å². The second-order valence-corrected chi connectivity index (χ2v) is 4.95. The first-order valence-corrected chi connectivity index (χ1v) is 6.13. The van der Waals surface area contributed by atoms with Gasteiger partial charge in [0.15, 0.2) is 0 Å². The van der Waals surface area contributed by atoms with E-state index in [2.05, 4.69) is 22.6 Å². The fourth-order valence-corrected chi connectivity index (χ4v) is 2.49. The average molecular weight is 231 g/mol. The Morgan fingerprint density at radius 3 is 2.82 bits per heavy atom. The molecule has 1 atom stereocenters. The molecule has 1 saturated carbocycles. The van der Waals surface area contributed by atoms with Gasteiger partial charge in [-0.3, -0.25) is 4.68 Å². The van der Waals surface area contributed by atoms with Crippen molar-refractivity contribution in [3.8, 4) is 0 Å². The predicted molar refractivity (Wildman–Crippen MR) is 64.5 cm³/mol. The van der Waals surface area contributed by atoms with Crippen molar-refractivity contribution in [3.05, 3.63) is 24.7 Å². The summed E-state index contributed by atoms with van der Waals surface area (Å²) in [5.74, 6) is 0. The maximum absolute atomic E-state index is 5.20. The number of allylic oxidation sites excluding steroid dienone is 1. The molecule has 0 aromatic carbocycles. The Balaban J connectivity index is 1.70. The summed E-state index contributed by atoms with van der Waals surface area (Å²) in [6, 6.07) is 1.03. The minimum atomic E-state index is 0.415. The lowest BCUT2D eigenvalue weighted by molar-refractivity contribution is -0.0286. The van der Waals surface area contributed by atoms with Crippen LogP contribution >= 0.6 is 0 Å². The first kappa shape index (κ1) is 9.56. The number of nitrogens with zero attached hydrogens (tertiary/aromatic N) is 4. The van der Waals surface area contributed by atoms with Crippen molar-refractivity contribution in [3.63, 3.8) is 0 Å². The number of aromatic nitrogens is 2. The molecule has 0 amide bonds. The number of quaternary nitrogens is 1. The molecule has 2 aliphatic heterocycles. The molecule has 88 valence electrons. The SMILES string of the molecule is C1=C[N+](c2cnn(C3COC3)c2)(C2CC2)N=C1. The van der Waals surface area contributed by atoms with Gasteiger partial charge in [-0.25, -0.2) is 0 Å². The molecule has 1 unspecified atom stereocenters. The Labute approximate surface area is 99.6 Å². The fraction of sp³-hybridized carbons (Fsp3) is 0.500. The maximum Gasteiger partial charge on any atom is 0.202 e. The van der Waals surface area contributed by atoms with E-state index in [1.54, 1.807) is 0 Å². The van der Waals surface area contributed by atoms with E-state index in [4.69, 9.17) is 4.74 Å². The molecule has 1 aromatic heterocycles. The maximum atomic E-state index is 5.20. The Bertz CT molecular complexity index is 484. The van der Waals surface area contributed by atoms with Crippen molar-refractivity contribution in [2.45, 2.75) is 24.9 Å². The summed E-state index contributed by atoms with van der Waals surface area (Å²) in [5, 5.41) is 9.08. The zero-order chi connectivity index (χ0) is 11.3. The zero-order valence-electron chi connectivity index (χ0n) is 9.57. The van der Waals surface area contributed by atoms with E-state index in [-0.39, 0.29) is 0 Å². The van der Waals surface area contributed by atoms with Crippen LogP contribution in [0.4, 0.5) is 5.69 Å². The van der Waals surface area contributed by atoms with E-state index in [0.29, 0.717) is 16.7 Å². The highest BCUT2D eigenvalue weighted by molar-refractivity contribution is 5.75. The summed E-state index contributed by atoms with van der Waals surface area (Å²) >= 11 is 0. The second kappa shape index (κ2) is 3.27. The fourth-order valence-electron chi connectivity index (χ4n) is 2.49. The van der Waals surface area contributed by atoms with Gasteiger partial charge in [-0.2, -0.15) is 5.10 Å².